The summed E-state index contributed by atoms with van der Waals surface area (Å²) < 4.78 is 9.65. The van der Waals surface area contributed by atoms with Crippen LogP contribution in [0.25, 0.3) is 33.5 Å². The lowest BCUT2D eigenvalue weighted by molar-refractivity contribution is 0.0322. The fraction of sp³-hybridized carbons (Fsp3) is 0.414. The molecule has 0 radical (unpaired) electrons. The van der Waals surface area contributed by atoms with E-state index in [2.05, 4.69) is 35.0 Å². The summed E-state index contributed by atoms with van der Waals surface area (Å²) in [6.07, 6.45) is 0.551. The van der Waals surface area contributed by atoms with Gasteiger partial charge < -0.3 is 29.2 Å². The smallest absolute Gasteiger partial charge is 0.407 e. The molecule has 0 unspecified atom stereocenters. The number of amides is 2. The molecule has 2 amide bonds. The topological polar surface area (TPSA) is 102 Å². The van der Waals surface area contributed by atoms with Crippen molar-refractivity contribution in [2.75, 3.05) is 13.1 Å². The summed E-state index contributed by atoms with van der Waals surface area (Å²) in [4.78, 5) is 32.2. The summed E-state index contributed by atoms with van der Waals surface area (Å²) in [5.74, 6) is 0.497. The summed E-state index contributed by atoms with van der Waals surface area (Å²) in [5, 5.41) is 14.9. The third-order valence-corrected chi connectivity index (χ3v) is 6.97. The zero-order valence-corrected chi connectivity index (χ0v) is 22.6. The Morgan fingerprint density at radius 1 is 1.18 bits per heavy atom. The summed E-state index contributed by atoms with van der Waals surface area (Å²) in [5.41, 5.74) is 3.15. The number of phenols is 1. The number of carbonyl (C=O) groups excluding carboxylic acids is 2. The first-order valence-electron chi connectivity index (χ1n) is 13.1. The average molecular weight is 518 g/mol. The second-order valence-electron chi connectivity index (χ2n) is 11.0. The number of nitrogens with zero attached hydrogens (tertiary/aromatic N) is 4. The normalized spacial score (nSPS) is 16.2. The number of carbonyl (C=O) groups is 2. The molecule has 4 aromatic rings. The van der Waals surface area contributed by atoms with E-state index in [4.69, 9.17) is 9.72 Å². The minimum atomic E-state index is -0.485. The lowest BCUT2D eigenvalue weighted by atomic mass is 10.1. The Labute approximate surface area is 222 Å². The number of aromatic nitrogens is 3. The van der Waals surface area contributed by atoms with E-state index in [1.807, 2.05) is 44.5 Å². The van der Waals surface area contributed by atoms with Gasteiger partial charge in [-0.05, 0) is 64.8 Å². The molecule has 9 heteroatoms. The van der Waals surface area contributed by atoms with Gasteiger partial charge in [0.15, 0.2) is 5.82 Å². The molecular weight excluding hydrogens is 482 g/mol. The molecule has 1 atom stereocenters. The van der Waals surface area contributed by atoms with Gasteiger partial charge >= 0.3 is 6.09 Å². The number of benzene rings is 2. The Morgan fingerprint density at radius 2 is 1.95 bits per heavy atom. The first-order valence-corrected chi connectivity index (χ1v) is 13.1. The highest BCUT2D eigenvalue weighted by Crippen LogP contribution is 2.34. The van der Waals surface area contributed by atoms with Crippen LogP contribution in [-0.4, -0.2) is 60.9 Å². The Hall–Kier alpha value is -4.01. The van der Waals surface area contributed by atoms with Gasteiger partial charge in [-0.3, -0.25) is 4.79 Å². The van der Waals surface area contributed by atoms with Gasteiger partial charge in [0.1, 0.15) is 17.4 Å². The number of hydrogen-bond donors (Lipinski definition) is 2. The summed E-state index contributed by atoms with van der Waals surface area (Å²) in [7, 11) is 1.87. The van der Waals surface area contributed by atoms with Crippen molar-refractivity contribution < 1.29 is 19.4 Å². The van der Waals surface area contributed by atoms with E-state index in [0.29, 0.717) is 41.9 Å². The van der Waals surface area contributed by atoms with Crippen LogP contribution in [0.4, 0.5) is 4.79 Å². The van der Waals surface area contributed by atoms with E-state index >= 15 is 0 Å². The predicted molar refractivity (Wildman–Crippen MR) is 147 cm³/mol. The first kappa shape index (κ1) is 25.6. The molecule has 38 heavy (non-hydrogen) atoms. The van der Waals surface area contributed by atoms with Gasteiger partial charge in [-0.1, -0.05) is 18.2 Å². The number of hydrogen-bond acceptors (Lipinski definition) is 5. The number of likely N-dealkylation sites (tertiary alicyclic amines) is 1. The zero-order chi connectivity index (χ0) is 27.2. The standard InChI is InChI=1S/C29H35N5O4/c1-6-34-22-12-8-7-10-18(22)15-23(34)26-30-21-14-19(16-24(35)25(21)32(26)5)27(36)33-13-9-11-20(17-33)38-28(37)31-29(2,3)4/h7-8,10,12,14-16,20,35H,6,9,11,13,17H2,1-5H3,(H,31,37)/t20-/m1/s1. The molecule has 2 N–H and O–H groups in total. The van der Waals surface area contributed by atoms with E-state index < -0.39 is 11.6 Å². The molecule has 0 spiro atoms. The largest absolute Gasteiger partial charge is 0.506 e. The van der Waals surface area contributed by atoms with Gasteiger partial charge in [-0.2, -0.15) is 0 Å². The summed E-state index contributed by atoms with van der Waals surface area (Å²) in [6, 6.07) is 13.5. The molecule has 3 heterocycles. The van der Waals surface area contributed by atoms with Crippen LogP contribution in [0, 0.1) is 0 Å². The number of piperidine rings is 1. The predicted octanol–water partition coefficient (Wildman–Crippen LogP) is 5.05. The molecule has 200 valence electrons. The molecule has 5 rings (SSSR count). The third kappa shape index (κ3) is 4.80. The number of nitrogens with one attached hydrogen (secondary N) is 1. The second kappa shape index (κ2) is 9.70. The molecule has 1 aliphatic rings. The van der Waals surface area contributed by atoms with Gasteiger partial charge in [-0.15, -0.1) is 0 Å². The lowest BCUT2D eigenvalue weighted by Gasteiger charge is -2.33. The van der Waals surface area contributed by atoms with Crippen LogP contribution in [0.1, 0.15) is 50.9 Å². The maximum absolute atomic E-state index is 13.5. The van der Waals surface area contributed by atoms with Crippen LogP contribution >= 0.6 is 0 Å². The van der Waals surface area contributed by atoms with Crippen molar-refractivity contribution in [3.63, 3.8) is 0 Å². The molecular formula is C29H35N5O4. The lowest BCUT2D eigenvalue weighted by Crippen LogP contribution is -2.47. The number of aryl methyl sites for hydroxylation is 2. The van der Waals surface area contributed by atoms with Crippen molar-refractivity contribution in [3.8, 4) is 17.3 Å². The molecule has 2 aromatic heterocycles. The van der Waals surface area contributed by atoms with Crippen LogP contribution in [-0.2, 0) is 18.3 Å². The number of phenolic OH excluding ortho intramolecular Hbond substituents is 1. The second-order valence-corrected chi connectivity index (χ2v) is 11.0. The van der Waals surface area contributed by atoms with Gasteiger partial charge in [0, 0.05) is 42.1 Å². The average Bonchev–Trinajstić information content (AvgIpc) is 3.39. The van der Waals surface area contributed by atoms with E-state index in [-0.39, 0.29) is 17.8 Å². The number of rotatable bonds is 4. The minimum absolute atomic E-state index is 0.000578. The van der Waals surface area contributed by atoms with E-state index in [9.17, 15) is 14.7 Å². The van der Waals surface area contributed by atoms with E-state index in [1.165, 1.54) is 6.07 Å². The SMILES string of the molecule is CCn1c(-c2nc3cc(C(=O)N4CCC[C@@H](OC(=O)NC(C)(C)C)C4)cc(O)c3n2C)cc2ccccc21. The van der Waals surface area contributed by atoms with Crippen LogP contribution in [0.5, 0.6) is 5.75 Å². The first-order chi connectivity index (χ1) is 18.1. The Balaban J connectivity index is 1.43. The fourth-order valence-corrected chi connectivity index (χ4v) is 5.31. The van der Waals surface area contributed by atoms with Gasteiger partial charge in [0.2, 0.25) is 0 Å². The number of fused-ring (bicyclic) bond motifs is 2. The Bertz CT molecular complexity index is 1530. The quantitative estimate of drug-likeness (QED) is 0.395. The number of alkyl carbamates (subject to hydrolysis) is 1. The molecule has 1 saturated heterocycles. The highest BCUT2D eigenvalue weighted by atomic mass is 16.6. The van der Waals surface area contributed by atoms with Crippen molar-refractivity contribution in [2.45, 2.75) is 58.7 Å². The highest BCUT2D eigenvalue weighted by molar-refractivity contribution is 6.00. The van der Waals surface area contributed by atoms with Crippen molar-refractivity contribution in [2.24, 2.45) is 7.05 Å². The van der Waals surface area contributed by atoms with E-state index in [1.54, 1.807) is 11.0 Å². The van der Waals surface area contributed by atoms with Crippen LogP contribution < -0.4 is 5.32 Å². The summed E-state index contributed by atoms with van der Waals surface area (Å²) >= 11 is 0. The maximum atomic E-state index is 13.5. The van der Waals surface area contributed by atoms with Crippen LogP contribution in [0.15, 0.2) is 42.5 Å². The molecule has 0 aliphatic carbocycles. The fourth-order valence-electron chi connectivity index (χ4n) is 5.31. The van der Waals surface area contributed by atoms with Crippen LogP contribution in [0.3, 0.4) is 0 Å². The summed E-state index contributed by atoms with van der Waals surface area (Å²) in [6.45, 7) is 9.39. The van der Waals surface area contributed by atoms with Crippen molar-refractivity contribution >= 4 is 33.9 Å². The van der Waals surface area contributed by atoms with Gasteiger partial charge in [0.05, 0.1) is 17.8 Å². The Kier molecular flexibility index (Phi) is 6.54. The molecule has 1 aliphatic heterocycles. The number of ether oxygens (including phenoxy) is 1. The maximum Gasteiger partial charge on any atom is 0.407 e. The van der Waals surface area contributed by atoms with Crippen molar-refractivity contribution in [1.29, 1.82) is 0 Å². The van der Waals surface area contributed by atoms with Crippen molar-refractivity contribution in [1.82, 2.24) is 24.3 Å². The molecule has 2 aromatic carbocycles. The molecule has 9 nitrogen and oxygen atoms in total. The molecule has 0 bridgehead atoms. The highest BCUT2D eigenvalue weighted by Gasteiger charge is 2.29. The third-order valence-electron chi connectivity index (χ3n) is 6.97. The Morgan fingerprint density at radius 3 is 2.68 bits per heavy atom. The zero-order valence-electron chi connectivity index (χ0n) is 22.6. The molecule has 0 saturated carbocycles. The number of imidazole rings is 1. The van der Waals surface area contributed by atoms with Gasteiger partial charge in [0.25, 0.3) is 5.91 Å². The number of para-hydroxylation sites is 1. The van der Waals surface area contributed by atoms with Crippen molar-refractivity contribution in [3.05, 3.63) is 48.0 Å². The van der Waals surface area contributed by atoms with Crippen LogP contribution in [0.2, 0.25) is 0 Å². The van der Waals surface area contributed by atoms with Gasteiger partial charge in [-0.25, -0.2) is 9.78 Å². The number of aromatic hydroxyl groups is 1. The molecule has 1 fully saturated rings. The monoisotopic (exact) mass is 517 g/mol. The van der Waals surface area contributed by atoms with E-state index in [0.717, 1.165) is 29.6 Å². The minimum Gasteiger partial charge on any atom is -0.506 e.